The number of carbonyl (C=O) groups excluding carboxylic acids is 1. The summed E-state index contributed by atoms with van der Waals surface area (Å²) in [5, 5.41) is 7.12. The van der Waals surface area contributed by atoms with Crippen molar-refractivity contribution in [3.05, 3.63) is 105 Å². The van der Waals surface area contributed by atoms with Gasteiger partial charge in [0.15, 0.2) is 6.61 Å². The molecule has 0 atom stereocenters. The number of hydrogen-bond acceptors (Lipinski definition) is 5. The van der Waals surface area contributed by atoms with E-state index in [4.69, 9.17) is 4.74 Å². The molecule has 8 heteroatoms. The zero-order valence-corrected chi connectivity index (χ0v) is 16.3. The van der Waals surface area contributed by atoms with E-state index in [1.807, 2.05) is 18.2 Å². The van der Waals surface area contributed by atoms with Crippen molar-refractivity contribution in [3.8, 4) is 5.75 Å². The summed E-state index contributed by atoms with van der Waals surface area (Å²) in [6.45, 7) is -0.212. The number of rotatable bonds is 6. The van der Waals surface area contributed by atoms with Crippen LogP contribution in [0.25, 0.3) is 10.9 Å². The summed E-state index contributed by atoms with van der Waals surface area (Å²) in [5.74, 6) is 0.0693. The third-order valence-electron chi connectivity index (χ3n) is 4.43. The summed E-state index contributed by atoms with van der Waals surface area (Å²) < 4.78 is 6.36. The molecule has 1 aromatic heterocycles. The highest BCUT2D eigenvalue weighted by Crippen LogP contribution is 2.16. The highest BCUT2D eigenvalue weighted by Gasteiger charge is 2.08. The second-order valence-electron chi connectivity index (χ2n) is 6.58. The molecule has 1 amide bonds. The number of nitrogens with one attached hydrogen (secondary N) is 2. The minimum atomic E-state index is -0.652. The van der Waals surface area contributed by atoms with E-state index >= 15 is 0 Å². The van der Waals surface area contributed by atoms with Crippen molar-refractivity contribution in [1.82, 2.24) is 9.66 Å². The van der Waals surface area contributed by atoms with Crippen molar-refractivity contribution < 1.29 is 9.53 Å². The summed E-state index contributed by atoms with van der Waals surface area (Å²) in [4.78, 5) is 39.6. The number of H-pyrrole nitrogens is 1. The van der Waals surface area contributed by atoms with E-state index in [-0.39, 0.29) is 12.5 Å². The lowest BCUT2D eigenvalue weighted by molar-refractivity contribution is -0.118. The maximum Gasteiger partial charge on any atom is 0.349 e. The highest BCUT2D eigenvalue weighted by molar-refractivity contribution is 5.92. The summed E-state index contributed by atoms with van der Waals surface area (Å²) >= 11 is 0. The topological polar surface area (TPSA) is 106 Å². The molecule has 1 heterocycles. The first-order chi connectivity index (χ1) is 15.1. The van der Waals surface area contributed by atoms with Crippen molar-refractivity contribution >= 4 is 28.7 Å². The first-order valence-electron chi connectivity index (χ1n) is 9.47. The summed E-state index contributed by atoms with van der Waals surface area (Å²) in [6, 6.07) is 22.6. The molecule has 31 heavy (non-hydrogen) atoms. The van der Waals surface area contributed by atoms with Gasteiger partial charge in [0, 0.05) is 11.3 Å². The fourth-order valence-corrected chi connectivity index (χ4v) is 2.96. The molecule has 4 rings (SSSR count). The maximum absolute atomic E-state index is 12.6. The van der Waals surface area contributed by atoms with E-state index < -0.39 is 11.2 Å². The molecule has 3 aromatic carbocycles. The number of amides is 1. The molecular formula is C23H18N4O4. The normalized spacial score (nSPS) is 11.0. The molecule has 2 N–H and O–H groups in total. The standard InChI is InChI=1S/C23H18N4O4/c28-21(25-17-9-2-1-3-10-17)15-31-20-13-7-4-8-16(20)14-24-27-22(29)18-11-5-6-12-19(18)26-23(27)30/h1-14H,15H2,(H,25,28)(H,26,30). The van der Waals surface area contributed by atoms with Crippen LogP contribution in [-0.4, -0.2) is 28.4 Å². The van der Waals surface area contributed by atoms with Gasteiger partial charge in [-0.25, -0.2) is 4.79 Å². The van der Waals surface area contributed by atoms with E-state index in [1.165, 1.54) is 6.21 Å². The average molecular weight is 414 g/mol. The number of para-hydroxylation sites is 3. The van der Waals surface area contributed by atoms with Gasteiger partial charge in [0.1, 0.15) is 5.75 Å². The van der Waals surface area contributed by atoms with Gasteiger partial charge in [0.05, 0.1) is 17.1 Å². The zero-order chi connectivity index (χ0) is 21.6. The van der Waals surface area contributed by atoms with Crippen LogP contribution in [0.15, 0.2) is 93.6 Å². The van der Waals surface area contributed by atoms with Gasteiger partial charge in [0.2, 0.25) is 0 Å². The maximum atomic E-state index is 12.6. The Balaban J connectivity index is 1.53. The van der Waals surface area contributed by atoms with Crippen LogP contribution in [-0.2, 0) is 4.79 Å². The first-order valence-corrected chi connectivity index (χ1v) is 9.47. The van der Waals surface area contributed by atoms with Crippen LogP contribution in [0.1, 0.15) is 5.56 Å². The first kappa shape index (κ1) is 19.8. The number of aromatic nitrogens is 2. The van der Waals surface area contributed by atoms with E-state index in [2.05, 4.69) is 15.4 Å². The average Bonchev–Trinajstić information content (AvgIpc) is 2.79. The predicted molar refractivity (Wildman–Crippen MR) is 119 cm³/mol. The van der Waals surface area contributed by atoms with E-state index in [9.17, 15) is 14.4 Å². The Labute approximate surface area is 176 Å². The van der Waals surface area contributed by atoms with Gasteiger partial charge in [-0.2, -0.15) is 5.10 Å². The SMILES string of the molecule is O=C(COc1ccccc1C=Nn1c(=O)[nH]c2ccccc2c1=O)Nc1ccccc1. The molecule has 0 aliphatic heterocycles. The Hall–Kier alpha value is -4.46. The van der Waals surface area contributed by atoms with Gasteiger partial charge < -0.3 is 15.0 Å². The molecule has 0 aliphatic carbocycles. The summed E-state index contributed by atoms with van der Waals surface area (Å²) in [6.07, 6.45) is 1.34. The second kappa shape index (κ2) is 8.91. The third-order valence-corrected chi connectivity index (χ3v) is 4.43. The lowest BCUT2D eigenvalue weighted by atomic mass is 10.2. The molecular weight excluding hydrogens is 396 g/mol. The smallest absolute Gasteiger partial charge is 0.349 e. The number of fused-ring (bicyclic) bond motifs is 1. The van der Waals surface area contributed by atoms with Gasteiger partial charge in [-0.3, -0.25) is 9.59 Å². The molecule has 0 bridgehead atoms. The molecule has 0 spiro atoms. The summed E-state index contributed by atoms with van der Waals surface area (Å²) in [5.41, 5.74) is 0.435. The largest absolute Gasteiger partial charge is 0.483 e. The number of benzene rings is 3. The van der Waals surface area contributed by atoms with E-state index in [0.717, 1.165) is 4.68 Å². The number of nitrogens with zero attached hydrogens (tertiary/aromatic N) is 2. The third kappa shape index (κ3) is 4.59. The molecule has 0 unspecified atom stereocenters. The van der Waals surface area contributed by atoms with Gasteiger partial charge >= 0.3 is 5.69 Å². The molecule has 0 saturated carbocycles. The number of anilines is 1. The monoisotopic (exact) mass is 414 g/mol. The van der Waals surface area contributed by atoms with Gasteiger partial charge in [-0.15, -0.1) is 4.68 Å². The number of hydrogen-bond donors (Lipinski definition) is 2. The van der Waals surface area contributed by atoms with Crippen LogP contribution in [0.2, 0.25) is 0 Å². The van der Waals surface area contributed by atoms with Gasteiger partial charge in [-0.05, 0) is 36.4 Å². The van der Waals surface area contributed by atoms with Gasteiger partial charge in [-0.1, -0.05) is 42.5 Å². The second-order valence-corrected chi connectivity index (χ2v) is 6.58. The Morgan fingerprint density at radius 2 is 1.68 bits per heavy atom. The van der Waals surface area contributed by atoms with Crippen LogP contribution < -0.4 is 21.3 Å². The van der Waals surface area contributed by atoms with Crippen LogP contribution >= 0.6 is 0 Å². The van der Waals surface area contributed by atoms with Crippen LogP contribution in [0.3, 0.4) is 0 Å². The summed E-state index contributed by atoms with van der Waals surface area (Å²) in [7, 11) is 0. The van der Waals surface area contributed by atoms with E-state index in [1.54, 1.807) is 60.7 Å². The van der Waals surface area contributed by atoms with Crippen molar-refractivity contribution in [1.29, 1.82) is 0 Å². The zero-order valence-electron chi connectivity index (χ0n) is 16.3. The van der Waals surface area contributed by atoms with Crippen LogP contribution in [0.5, 0.6) is 5.75 Å². The van der Waals surface area contributed by atoms with Gasteiger partial charge in [0.25, 0.3) is 11.5 Å². The number of aromatic amines is 1. The Morgan fingerprint density at radius 3 is 2.52 bits per heavy atom. The Kier molecular flexibility index (Phi) is 5.70. The Morgan fingerprint density at radius 1 is 0.968 bits per heavy atom. The molecule has 0 aliphatic rings. The molecule has 8 nitrogen and oxygen atoms in total. The van der Waals surface area contributed by atoms with Crippen LogP contribution in [0, 0.1) is 0 Å². The molecule has 0 saturated heterocycles. The fraction of sp³-hybridized carbons (Fsp3) is 0.0435. The minimum absolute atomic E-state index is 0.212. The van der Waals surface area contributed by atoms with E-state index in [0.29, 0.717) is 27.9 Å². The quantitative estimate of drug-likeness (QED) is 0.473. The number of carbonyl (C=O) groups is 1. The minimum Gasteiger partial charge on any atom is -0.483 e. The van der Waals surface area contributed by atoms with Crippen molar-refractivity contribution in [2.24, 2.45) is 5.10 Å². The van der Waals surface area contributed by atoms with Crippen molar-refractivity contribution in [2.45, 2.75) is 0 Å². The molecule has 4 aromatic rings. The molecule has 154 valence electrons. The lowest BCUT2D eigenvalue weighted by Crippen LogP contribution is -2.32. The van der Waals surface area contributed by atoms with Crippen molar-refractivity contribution in [2.75, 3.05) is 11.9 Å². The Bertz CT molecular complexity index is 1370. The van der Waals surface area contributed by atoms with Crippen LogP contribution in [0.4, 0.5) is 5.69 Å². The molecule has 0 radical (unpaired) electrons. The molecule has 0 fully saturated rings. The van der Waals surface area contributed by atoms with Crippen molar-refractivity contribution in [3.63, 3.8) is 0 Å². The number of ether oxygens (including phenoxy) is 1. The lowest BCUT2D eigenvalue weighted by Gasteiger charge is -2.09. The predicted octanol–water partition coefficient (Wildman–Crippen LogP) is 2.59. The fourth-order valence-electron chi connectivity index (χ4n) is 2.96. The highest BCUT2D eigenvalue weighted by atomic mass is 16.5.